The van der Waals surface area contributed by atoms with Crippen molar-refractivity contribution in [3.8, 4) is 0 Å². The minimum Gasteiger partial charge on any atom is -0.480 e. The Morgan fingerprint density at radius 3 is 2.71 bits per heavy atom. The maximum absolute atomic E-state index is 11.5. The van der Waals surface area contributed by atoms with Crippen LogP contribution in [0, 0.1) is 0 Å². The standard InChI is InChI=1S/C8H12N2O4/c1-10(4-7(12)13)8(14)5-2-3-6(11)9-5/h5H,2-4H2,1H3,(H,9,11)(H,12,13)/t5-/m1/s1. The number of aliphatic carboxylic acids is 1. The number of amides is 2. The van der Waals surface area contributed by atoms with Crippen molar-refractivity contribution in [2.75, 3.05) is 13.6 Å². The maximum Gasteiger partial charge on any atom is 0.323 e. The van der Waals surface area contributed by atoms with Gasteiger partial charge >= 0.3 is 5.97 Å². The topological polar surface area (TPSA) is 86.7 Å². The van der Waals surface area contributed by atoms with E-state index in [1.165, 1.54) is 7.05 Å². The lowest BCUT2D eigenvalue weighted by Gasteiger charge is -2.18. The zero-order valence-electron chi connectivity index (χ0n) is 7.82. The zero-order chi connectivity index (χ0) is 10.7. The molecule has 1 rings (SSSR count). The molecule has 0 aliphatic carbocycles. The highest BCUT2D eigenvalue weighted by molar-refractivity contribution is 5.91. The van der Waals surface area contributed by atoms with Crippen molar-refractivity contribution in [3.63, 3.8) is 0 Å². The van der Waals surface area contributed by atoms with Gasteiger partial charge in [-0.1, -0.05) is 0 Å². The molecule has 0 radical (unpaired) electrons. The van der Waals surface area contributed by atoms with Gasteiger partial charge in [0.2, 0.25) is 11.8 Å². The Kier molecular flexibility index (Phi) is 3.06. The number of hydrogen-bond donors (Lipinski definition) is 2. The Morgan fingerprint density at radius 2 is 2.29 bits per heavy atom. The molecule has 6 nitrogen and oxygen atoms in total. The molecule has 1 aliphatic rings. The predicted octanol–water partition coefficient (Wildman–Crippen LogP) is -1.19. The highest BCUT2D eigenvalue weighted by atomic mass is 16.4. The number of carbonyl (C=O) groups is 3. The average Bonchev–Trinajstić information content (AvgIpc) is 2.49. The number of nitrogens with zero attached hydrogens (tertiary/aromatic N) is 1. The van der Waals surface area contributed by atoms with Crippen LogP contribution in [0.25, 0.3) is 0 Å². The summed E-state index contributed by atoms with van der Waals surface area (Å²) in [5, 5.41) is 10.9. The van der Waals surface area contributed by atoms with Crippen molar-refractivity contribution in [1.29, 1.82) is 0 Å². The lowest BCUT2D eigenvalue weighted by molar-refractivity contribution is -0.144. The van der Waals surface area contributed by atoms with Gasteiger partial charge in [0.05, 0.1) is 0 Å². The van der Waals surface area contributed by atoms with Crippen LogP contribution in [0.5, 0.6) is 0 Å². The Labute approximate surface area is 80.9 Å². The van der Waals surface area contributed by atoms with Gasteiger partial charge in [0.15, 0.2) is 0 Å². The van der Waals surface area contributed by atoms with Gasteiger partial charge in [-0.2, -0.15) is 0 Å². The summed E-state index contributed by atoms with van der Waals surface area (Å²) in [6.07, 6.45) is 0.777. The van der Waals surface area contributed by atoms with Crippen LogP contribution in [0.2, 0.25) is 0 Å². The minimum atomic E-state index is -1.06. The molecule has 2 N–H and O–H groups in total. The second-order valence-corrected chi connectivity index (χ2v) is 3.25. The lowest BCUT2D eigenvalue weighted by atomic mass is 10.2. The fourth-order valence-electron chi connectivity index (χ4n) is 1.35. The molecule has 1 fully saturated rings. The molecule has 1 heterocycles. The molecule has 0 aromatic heterocycles. The molecule has 1 atom stereocenters. The van der Waals surface area contributed by atoms with Crippen LogP contribution < -0.4 is 5.32 Å². The van der Waals surface area contributed by atoms with Crippen LogP contribution in [0.3, 0.4) is 0 Å². The van der Waals surface area contributed by atoms with E-state index < -0.39 is 12.0 Å². The van der Waals surface area contributed by atoms with Crippen molar-refractivity contribution in [2.24, 2.45) is 0 Å². The van der Waals surface area contributed by atoms with Gasteiger partial charge in [-0.3, -0.25) is 14.4 Å². The van der Waals surface area contributed by atoms with Crippen molar-refractivity contribution in [3.05, 3.63) is 0 Å². The van der Waals surface area contributed by atoms with E-state index in [0.29, 0.717) is 12.8 Å². The number of hydrogen-bond acceptors (Lipinski definition) is 3. The van der Waals surface area contributed by atoms with Gasteiger partial charge in [0.1, 0.15) is 12.6 Å². The molecule has 0 aromatic carbocycles. The molecule has 78 valence electrons. The number of carboxylic acids is 1. The first kappa shape index (κ1) is 10.5. The molecule has 0 bridgehead atoms. The summed E-state index contributed by atoms with van der Waals surface area (Å²) in [5.74, 6) is -1.57. The molecular formula is C8H12N2O4. The summed E-state index contributed by atoms with van der Waals surface area (Å²) in [4.78, 5) is 33.7. The van der Waals surface area contributed by atoms with E-state index in [1.807, 2.05) is 0 Å². The fourth-order valence-corrected chi connectivity index (χ4v) is 1.35. The Bertz CT molecular complexity index is 277. The predicted molar refractivity (Wildman–Crippen MR) is 46.4 cm³/mol. The van der Waals surface area contributed by atoms with Gasteiger partial charge < -0.3 is 15.3 Å². The molecule has 0 unspecified atom stereocenters. The SMILES string of the molecule is CN(CC(=O)O)C(=O)[C@H]1CCC(=O)N1. The molecule has 0 spiro atoms. The molecule has 14 heavy (non-hydrogen) atoms. The Morgan fingerprint density at radius 1 is 1.64 bits per heavy atom. The van der Waals surface area contributed by atoms with Gasteiger partial charge in [0.25, 0.3) is 0 Å². The van der Waals surface area contributed by atoms with E-state index in [0.717, 1.165) is 4.90 Å². The maximum atomic E-state index is 11.5. The van der Waals surface area contributed by atoms with Crippen LogP contribution in [0.4, 0.5) is 0 Å². The third-order valence-electron chi connectivity index (χ3n) is 2.04. The summed E-state index contributed by atoms with van der Waals surface area (Å²) in [5.41, 5.74) is 0. The Balaban J connectivity index is 2.48. The molecule has 0 aromatic rings. The number of carboxylic acid groups (broad SMARTS) is 1. The van der Waals surface area contributed by atoms with Crippen molar-refractivity contribution in [2.45, 2.75) is 18.9 Å². The van der Waals surface area contributed by atoms with E-state index in [4.69, 9.17) is 5.11 Å². The summed E-state index contributed by atoms with van der Waals surface area (Å²) in [6, 6.07) is -0.549. The van der Waals surface area contributed by atoms with Crippen LogP contribution in [0.15, 0.2) is 0 Å². The monoisotopic (exact) mass is 200 g/mol. The molecule has 6 heteroatoms. The molecule has 0 saturated carbocycles. The van der Waals surface area contributed by atoms with Crippen LogP contribution in [-0.2, 0) is 14.4 Å². The van der Waals surface area contributed by atoms with Crippen LogP contribution in [-0.4, -0.2) is 47.4 Å². The zero-order valence-corrected chi connectivity index (χ0v) is 7.82. The fraction of sp³-hybridized carbons (Fsp3) is 0.625. The average molecular weight is 200 g/mol. The smallest absolute Gasteiger partial charge is 0.323 e. The Hall–Kier alpha value is -1.59. The first-order valence-corrected chi connectivity index (χ1v) is 4.27. The lowest BCUT2D eigenvalue weighted by Crippen LogP contribution is -2.44. The number of likely N-dealkylation sites (N-methyl/N-ethyl adjacent to an activating group) is 1. The summed E-state index contributed by atoms with van der Waals surface area (Å²) in [7, 11) is 1.40. The van der Waals surface area contributed by atoms with E-state index >= 15 is 0 Å². The van der Waals surface area contributed by atoms with E-state index in [-0.39, 0.29) is 18.4 Å². The van der Waals surface area contributed by atoms with E-state index in [9.17, 15) is 14.4 Å². The van der Waals surface area contributed by atoms with Crippen molar-refractivity contribution < 1.29 is 19.5 Å². The van der Waals surface area contributed by atoms with E-state index in [2.05, 4.69) is 5.32 Å². The van der Waals surface area contributed by atoms with Crippen LogP contribution >= 0.6 is 0 Å². The van der Waals surface area contributed by atoms with Crippen molar-refractivity contribution >= 4 is 17.8 Å². The third-order valence-corrected chi connectivity index (χ3v) is 2.04. The first-order chi connectivity index (χ1) is 6.50. The highest BCUT2D eigenvalue weighted by Gasteiger charge is 2.29. The van der Waals surface area contributed by atoms with Crippen molar-refractivity contribution in [1.82, 2.24) is 10.2 Å². The number of nitrogens with one attached hydrogen (secondary N) is 1. The second kappa shape index (κ2) is 4.08. The van der Waals surface area contributed by atoms with Gasteiger partial charge in [-0.15, -0.1) is 0 Å². The van der Waals surface area contributed by atoms with Crippen LogP contribution in [0.1, 0.15) is 12.8 Å². The molecule has 1 saturated heterocycles. The van der Waals surface area contributed by atoms with Gasteiger partial charge in [-0.05, 0) is 6.42 Å². The first-order valence-electron chi connectivity index (χ1n) is 4.27. The van der Waals surface area contributed by atoms with Gasteiger partial charge in [-0.25, -0.2) is 0 Å². The van der Waals surface area contributed by atoms with Gasteiger partial charge in [0, 0.05) is 13.5 Å². The highest BCUT2D eigenvalue weighted by Crippen LogP contribution is 2.08. The largest absolute Gasteiger partial charge is 0.480 e. The molecular weight excluding hydrogens is 188 g/mol. The number of carbonyl (C=O) groups excluding carboxylic acids is 2. The summed E-state index contributed by atoms with van der Waals surface area (Å²) in [6.45, 7) is -0.342. The molecule has 1 aliphatic heterocycles. The van der Waals surface area contributed by atoms with E-state index in [1.54, 1.807) is 0 Å². The quantitative estimate of drug-likeness (QED) is 0.599. The second-order valence-electron chi connectivity index (χ2n) is 3.25. The third kappa shape index (κ3) is 2.45. The summed E-state index contributed by atoms with van der Waals surface area (Å²) < 4.78 is 0. The number of rotatable bonds is 3. The minimum absolute atomic E-state index is 0.160. The molecule has 2 amide bonds. The summed E-state index contributed by atoms with van der Waals surface area (Å²) >= 11 is 0. The normalized spacial score (nSPS) is 20.4.